The van der Waals surface area contributed by atoms with Crippen molar-refractivity contribution in [1.82, 2.24) is 15.1 Å². The number of hydrogen-bond donors (Lipinski definition) is 1. The molecule has 1 heterocycles. The maximum Gasteiger partial charge on any atom is 0.0521 e. The molecule has 0 radical (unpaired) electrons. The van der Waals surface area contributed by atoms with Gasteiger partial charge in [0, 0.05) is 12.7 Å². The lowest BCUT2D eigenvalue weighted by Gasteiger charge is -2.25. The van der Waals surface area contributed by atoms with Crippen LogP contribution in [0.15, 0.2) is 12.4 Å². The Bertz CT molecular complexity index is 359. The van der Waals surface area contributed by atoms with E-state index < -0.39 is 0 Å². The molecule has 1 saturated carbocycles. The second kappa shape index (κ2) is 7.68. The minimum atomic E-state index is 0.844. The summed E-state index contributed by atoms with van der Waals surface area (Å²) in [6, 6.07) is 0. The molecular formula is C16H29N3. The zero-order valence-electron chi connectivity index (χ0n) is 12.6. The molecule has 1 N–H and O–H groups in total. The second-order valence-corrected chi connectivity index (χ2v) is 5.87. The van der Waals surface area contributed by atoms with E-state index in [-0.39, 0.29) is 0 Å². The first-order chi connectivity index (χ1) is 9.33. The molecule has 2 unspecified atom stereocenters. The lowest BCUT2D eigenvalue weighted by molar-refractivity contribution is 0.299. The summed E-state index contributed by atoms with van der Waals surface area (Å²) in [6.45, 7) is 7.62. The van der Waals surface area contributed by atoms with Crippen molar-refractivity contribution in [2.45, 2.75) is 58.9 Å². The number of rotatable bonds is 6. The summed E-state index contributed by atoms with van der Waals surface area (Å²) in [4.78, 5) is 0. The van der Waals surface area contributed by atoms with Crippen LogP contribution in [0.4, 0.5) is 0 Å². The molecule has 1 aliphatic carbocycles. The van der Waals surface area contributed by atoms with Gasteiger partial charge in [0.1, 0.15) is 0 Å². The van der Waals surface area contributed by atoms with Crippen LogP contribution in [0.5, 0.6) is 0 Å². The van der Waals surface area contributed by atoms with Crippen LogP contribution in [0.1, 0.15) is 51.5 Å². The third kappa shape index (κ3) is 4.34. The van der Waals surface area contributed by atoms with Gasteiger partial charge in [-0.15, -0.1) is 0 Å². The van der Waals surface area contributed by atoms with E-state index in [9.17, 15) is 0 Å². The van der Waals surface area contributed by atoms with Crippen LogP contribution in [0, 0.1) is 11.8 Å². The van der Waals surface area contributed by atoms with Crippen molar-refractivity contribution in [3.05, 3.63) is 18.0 Å². The summed E-state index contributed by atoms with van der Waals surface area (Å²) < 4.78 is 2.05. The molecule has 0 aliphatic heterocycles. The standard InChI is InChI=1S/C16H29N3/c1-3-17-12-16-9-7-5-6-8-15(16)10-14-11-18-19(4-2)13-14/h11,13,15-17H,3-10,12H2,1-2H3. The van der Waals surface area contributed by atoms with E-state index >= 15 is 0 Å². The van der Waals surface area contributed by atoms with Gasteiger partial charge in [-0.25, -0.2) is 0 Å². The molecule has 1 fully saturated rings. The van der Waals surface area contributed by atoms with Crippen molar-refractivity contribution in [2.75, 3.05) is 13.1 Å². The van der Waals surface area contributed by atoms with Gasteiger partial charge in [-0.2, -0.15) is 5.10 Å². The molecule has 0 amide bonds. The molecule has 1 aliphatic rings. The predicted molar refractivity (Wildman–Crippen MR) is 80.2 cm³/mol. The Morgan fingerprint density at radius 3 is 2.68 bits per heavy atom. The van der Waals surface area contributed by atoms with Crippen molar-refractivity contribution in [3.8, 4) is 0 Å². The third-order valence-corrected chi connectivity index (χ3v) is 4.48. The Hall–Kier alpha value is -0.830. The largest absolute Gasteiger partial charge is 0.317 e. The molecule has 0 spiro atoms. The van der Waals surface area contributed by atoms with Crippen molar-refractivity contribution in [2.24, 2.45) is 11.8 Å². The van der Waals surface area contributed by atoms with Gasteiger partial charge in [-0.3, -0.25) is 4.68 Å². The van der Waals surface area contributed by atoms with Crippen molar-refractivity contribution in [3.63, 3.8) is 0 Å². The van der Waals surface area contributed by atoms with E-state index in [2.05, 4.69) is 36.7 Å². The highest BCUT2D eigenvalue weighted by Gasteiger charge is 2.23. The zero-order chi connectivity index (χ0) is 13.5. The highest BCUT2D eigenvalue weighted by Crippen LogP contribution is 2.31. The van der Waals surface area contributed by atoms with Crippen LogP contribution in [-0.4, -0.2) is 22.9 Å². The molecule has 1 aromatic rings. The molecule has 3 nitrogen and oxygen atoms in total. The SMILES string of the molecule is CCNCC1CCCCCC1Cc1cnn(CC)c1. The van der Waals surface area contributed by atoms with E-state index in [0.29, 0.717) is 0 Å². The van der Waals surface area contributed by atoms with Crippen molar-refractivity contribution >= 4 is 0 Å². The number of nitrogens with zero attached hydrogens (tertiary/aromatic N) is 2. The van der Waals surface area contributed by atoms with Gasteiger partial charge in [0.25, 0.3) is 0 Å². The Kier molecular flexibility index (Phi) is 5.90. The first kappa shape index (κ1) is 14.6. The Balaban J connectivity index is 1.96. The molecule has 0 aromatic carbocycles. The van der Waals surface area contributed by atoms with E-state index in [1.165, 1.54) is 50.6 Å². The summed E-state index contributed by atoms with van der Waals surface area (Å²) in [5.74, 6) is 1.70. The van der Waals surface area contributed by atoms with Gasteiger partial charge in [0.2, 0.25) is 0 Å². The van der Waals surface area contributed by atoms with Gasteiger partial charge in [-0.05, 0) is 56.7 Å². The molecule has 2 rings (SSSR count). The van der Waals surface area contributed by atoms with Crippen molar-refractivity contribution < 1.29 is 0 Å². The van der Waals surface area contributed by atoms with Crippen LogP contribution < -0.4 is 5.32 Å². The maximum atomic E-state index is 4.41. The normalized spacial score (nSPS) is 24.3. The summed E-state index contributed by atoms with van der Waals surface area (Å²) >= 11 is 0. The second-order valence-electron chi connectivity index (χ2n) is 5.87. The van der Waals surface area contributed by atoms with Gasteiger partial charge < -0.3 is 5.32 Å². The molecule has 108 valence electrons. The summed E-state index contributed by atoms with van der Waals surface area (Å²) in [5, 5.41) is 7.97. The highest BCUT2D eigenvalue weighted by molar-refractivity contribution is 5.05. The van der Waals surface area contributed by atoms with Crippen LogP contribution in [0.25, 0.3) is 0 Å². The van der Waals surface area contributed by atoms with Crippen LogP contribution in [-0.2, 0) is 13.0 Å². The minimum absolute atomic E-state index is 0.844. The summed E-state index contributed by atoms with van der Waals surface area (Å²) in [6.07, 6.45) is 12.6. The van der Waals surface area contributed by atoms with Crippen LogP contribution in [0.2, 0.25) is 0 Å². The van der Waals surface area contributed by atoms with Crippen LogP contribution in [0.3, 0.4) is 0 Å². The quantitative estimate of drug-likeness (QED) is 0.798. The van der Waals surface area contributed by atoms with Gasteiger partial charge >= 0.3 is 0 Å². The Labute approximate surface area is 117 Å². The smallest absolute Gasteiger partial charge is 0.0521 e. The van der Waals surface area contributed by atoms with E-state index in [0.717, 1.165) is 24.9 Å². The Morgan fingerprint density at radius 2 is 2.00 bits per heavy atom. The van der Waals surface area contributed by atoms with Gasteiger partial charge in [0.05, 0.1) is 6.20 Å². The molecule has 3 heteroatoms. The lowest BCUT2D eigenvalue weighted by Crippen LogP contribution is -2.28. The monoisotopic (exact) mass is 263 g/mol. The molecule has 0 saturated heterocycles. The van der Waals surface area contributed by atoms with Gasteiger partial charge in [0.15, 0.2) is 0 Å². The first-order valence-electron chi connectivity index (χ1n) is 8.05. The molecular weight excluding hydrogens is 234 g/mol. The van der Waals surface area contributed by atoms with E-state index in [4.69, 9.17) is 0 Å². The van der Waals surface area contributed by atoms with Crippen LogP contribution >= 0.6 is 0 Å². The third-order valence-electron chi connectivity index (χ3n) is 4.48. The lowest BCUT2D eigenvalue weighted by atomic mass is 9.84. The fourth-order valence-electron chi connectivity index (χ4n) is 3.32. The number of hydrogen-bond acceptors (Lipinski definition) is 2. The predicted octanol–water partition coefficient (Wildman–Crippen LogP) is 3.25. The fourth-order valence-corrected chi connectivity index (χ4v) is 3.32. The topological polar surface area (TPSA) is 29.9 Å². The molecule has 1 aromatic heterocycles. The van der Waals surface area contributed by atoms with Gasteiger partial charge in [-0.1, -0.05) is 26.2 Å². The first-order valence-corrected chi connectivity index (χ1v) is 8.05. The zero-order valence-corrected chi connectivity index (χ0v) is 12.6. The number of aromatic nitrogens is 2. The Morgan fingerprint density at radius 1 is 1.21 bits per heavy atom. The molecule has 2 atom stereocenters. The van der Waals surface area contributed by atoms with E-state index in [1.54, 1.807) is 0 Å². The summed E-state index contributed by atoms with van der Waals surface area (Å²) in [5.41, 5.74) is 1.43. The van der Waals surface area contributed by atoms with E-state index in [1.807, 2.05) is 4.68 Å². The summed E-state index contributed by atoms with van der Waals surface area (Å²) in [7, 11) is 0. The molecule has 19 heavy (non-hydrogen) atoms. The number of nitrogens with one attached hydrogen (secondary N) is 1. The number of aryl methyl sites for hydroxylation is 1. The molecule has 0 bridgehead atoms. The highest BCUT2D eigenvalue weighted by atomic mass is 15.3. The maximum absolute atomic E-state index is 4.41. The van der Waals surface area contributed by atoms with Crippen molar-refractivity contribution in [1.29, 1.82) is 0 Å². The average molecular weight is 263 g/mol. The fraction of sp³-hybridized carbons (Fsp3) is 0.812. The average Bonchev–Trinajstić information content (AvgIpc) is 2.77. The minimum Gasteiger partial charge on any atom is -0.317 e.